The van der Waals surface area contributed by atoms with Gasteiger partial charge in [0.2, 0.25) is 0 Å². The molecule has 2 unspecified atom stereocenters. The molecule has 1 rings (SSSR count). The largest absolute Gasteiger partial charge is 0.659 e. The van der Waals surface area contributed by atoms with Gasteiger partial charge in [0.25, 0.3) is 0 Å². The molecule has 0 aliphatic carbocycles. The van der Waals surface area contributed by atoms with Crippen LogP contribution in [0, 0.1) is 0 Å². The monoisotopic (exact) mass is 233 g/mol. The van der Waals surface area contributed by atoms with E-state index in [9.17, 15) is 0 Å². The Morgan fingerprint density at radius 1 is 1.60 bits per heavy atom. The first kappa shape index (κ1) is 11.4. The van der Waals surface area contributed by atoms with Crippen LogP contribution in [0.5, 0.6) is 0 Å². The molecule has 0 aromatic heterocycles. The van der Waals surface area contributed by atoms with Crippen molar-refractivity contribution in [2.75, 3.05) is 12.8 Å². The van der Waals surface area contributed by atoms with Crippen LogP contribution in [0.15, 0.2) is 0 Å². The summed E-state index contributed by atoms with van der Waals surface area (Å²) in [7, 11) is 0. The second kappa shape index (κ2) is 5.99. The maximum atomic E-state index is 4.49. The number of rotatable bonds is 2. The molecule has 0 bridgehead atoms. The van der Waals surface area contributed by atoms with Crippen LogP contribution in [0.1, 0.15) is 19.8 Å². The van der Waals surface area contributed by atoms with E-state index in [2.05, 4.69) is 18.5 Å². The summed E-state index contributed by atoms with van der Waals surface area (Å²) in [6.45, 7) is 3.32. The molecule has 0 aromatic rings. The van der Waals surface area contributed by atoms with Gasteiger partial charge in [-0.05, 0) is 11.5 Å². The van der Waals surface area contributed by atoms with Gasteiger partial charge in [-0.3, -0.25) is 0 Å². The van der Waals surface area contributed by atoms with Crippen LogP contribution in [0.25, 0.3) is 5.32 Å². The maximum Gasteiger partial charge on any atom is 0 e. The van der Waals surface area contributed by atoms with Gasteiger partial charge < -0.3 is 5.32 Å². The fraction of sp³-hybridized carbons (Fsp3) is 1.00. The van der Waals surface area contributed by atoms with E-state index in [1.54, 1.807) is 0 Å². The number of hydrogen-bond acceptors (Lipinski definition) is 1. The first-order valence-corrected chi connectivity index (χ1v) is 4.85. The van der Waals surface area contributed by atoms with E-state index in [-0.39, 0.29) is 32.7 Å². The smallest absolute Gasteiger partial charge is 0 e. The zero-order valence-corrected chi connectivity index (χ0v) is 10.4. The Morgan fingerprint density at radius 3 is 2.60 bits per heavy atom. The van der Waals surface area contributed by atoms with E-state index in [0.717, 1.165) is 11.8 Å². The van der Waals surface area contributed by atoms with E-state index in [1.807, 2.05) is 11.8 Å². The molecular weight excluding hydrogens is 219 g/mol. The Labute approximate surface area is 93.0 Å². The van der Waals surface area contributed by atoms with E-state index in [0.29, 0.717) is 6.04 Å². The molecule has 10 heavy (non-hydrogen) atoms. The number of thioether (sulfide) groups is 1. The molecule has 0 N–H and O–H groups in total. The van der Waals surface area contributed by atoms with Crippen molar-refractivity contribution >= 4 is 11.8 Å². The molecule has 1 radical (unpaired) electrons. The average Bonchev–Trinajstić information content (AvgIpc) is 2.34. The molecule has 0 amide bonds. The quantitative estimate of drug-likeness (QED) is 0.713. The van der Waals surface area contributed by atoms with Crippen LogP contribution < -0.4 is 0 Å². The molecule has 0 saturated carbocycles. The Morgan fingerprint density at radius 2 is 2.30 bits per heavy atom. The van der Waals surface area contributed by atoms with Crippen LogP contribution in [0.3, 0.4) is 0 Å². The van der Waals surface area contributed by atoms with Crippen molar-refractivity contribution in [2.24, 2.45) is 0 Å². The van der Waals surface area contributed by atoms with E-state index < -0.39 is 0 Å². The third-order valence-corrected chi connectivity index (χ3v) is 2.91. The molecule has 0 spiro atoms. The fourth-order valence-electron chi connectivity index (χ4n) is 1.19. The SMILES string of the molecule is CCC1CC(SC)C[N-]1.[Y]. The van der Waals surface area contributed by atoms with Crippen molar-refractivity contribution in [1.82, 2.24) is 0 Å². The number of nitrogens with zero attached hydrogens (tertiary/aromatic N) is 1. The minimum Gasteiger partial charge on any atom is -0.659 e. The van der Waals surface area contributed by atoms with E-state index in [4.69, 9.17) is 0 Å². The van der Waals surface area contributed by atoms with Crippen molar-refractivity contribution < 1.29 is 32.7 Å². The maximum absolute atomic E-state index is 4.49. The Hall–Kier alpha value is 1.41. The summed E-state index contributed by atoms with van der Waals surface area (Å²) >= 11 is 1.96. The third-order valence-electron chi connectivity index (χ3n) is 1.91. The molecule has 1 nitrogen and oxygen atoms in total. The molecule has 1 saturated heterocycles. The molecule has 0 aromatic carbocycles. The molecule has 1 heterocycles. The van der Waals surface area contributed by atoms with Crippen molar-refractivity contribution in [1.29, 1.82) is 0 Å². The van der Waals surface area contributed by atoms with Gasteiger partial charge in [-0.1, -0.05) is 19.8 Å². The molecule has 1 fully saturated rings. The van der Waals surface area contributed by atoms with Crippen molar-refractivity contribution in [2.45, 2.75) is 31.1 Å². The van der Waals surface area contributed by atoms with Crippen LogP contribution >= 0.6 is 11.8 Å². The van der Waals surface area contributed by atoms with Gasteiger partial charge >= 0.3 is 0 Å². The van der Waals surface area contributed by atoms with Crippen LogP contribution in [-0.2, 0) is 32.7 Å². The van der Waals surface area contributed by atoms with Gasteiger partial charge in [0.05, 0.1) is 0 Å². The van der Waals surface area contributed by atoms with Crippen molar-refractivity contribution in [3.8, 4) is 0 Å². The summed E-state index contributed by atoms with van der Waals surface area (Å²) < 4.78 is 0. The van der Waals surface area contributed by atoms with Crippen LogP contribution in [-0.4, -0.2) is 24.1 Å². The van der Waals surface area contributed by atoms with E-state index >= 15 is 0 Å². The Bertz CT molecular complexity index is 79.7. The predicted molar refractivity (Wildman–Crippen MR) is 44.2 cm³/mol. The van der Waals surface area contributed by atoms with Gasteiger partial charge in [0.15, 0.2) is 0 Å². The summed E-state index contributed by atoms with van der Waals surface area (Å²) in [5.41, 5.74) is 0. The second-order valence-electron chi connectivity index (χ2n) is 2.52. The molecule has 3 heteroatoms. The summed E-state index contributed by atoms with van der Waals surface area (Å²) in [4.78, 5) is 0. The second-order valence-corrected chi connectivity index (χ2v) is 3.66. The van der Waals surface area contributed by atoms with Crippen LogP contribution in [0.4, 0.5) is 0 Å². The Kier molecular flexibility index (Phi) is 6.84. The van der Waals surface area contributed by atoms with Gasteiger partial charge in [0.1, 0.15) is 0 Å². The first-order valence-electron chi connectivity index (χ1n) is 3.56. The first-order chi connectivity index (χ1) is 4.36. The zero-order chi connectivity index (χ0) is 6.69. The number of hydrogen-bond donors (Lipinski definition) is 0. The Balaban J connectivity index is 0.000000810. The van der Waals surface area contributed by atoms with Gasteiger partial charge in [-0.25, -0.2) is 0 Å². The summed E-state index contributed by atoms with van der Waals surface area (Å²) in [5, 5.41) is 5.31. The standard InChI is InChI=1S/C7H14NS.Y/c1-3-6-4-7(9-2)5-8-6;/h6-7H,3-5H2,1-2H3;/q-1;. The molecule has 2 atom stereocenters. The minimum absolute atomic E-state index is 0. The van der Waals surface area contributed by atoms with E-state index in [1.165, 1.54) is 12.8 Å². The normalized spacial score (nSPS) is 31.8. The van der Waals surface area contributed by atoms with Crippen LogP contribution in [0.2, 0.25) is 0 Å². The minimum atomic E-state index is 0. The van der Waals surface area contributed by atoms with Gasteiger partial charge in [-0.15, -0.1) is 12.6 Å². The molecular formula is C7H14NSY-. The molecule has 1 aliphatic heterocycles. The van der Waals surface area contributed by atoms with Gasteiger partial charge in [-0.2, -0.15) is 11.8 Å². The van der Waals surface area contributed by atoms with Crippen molar-refractivity contribution in [3.05, 3.63) is 5.32 Å². The van der Waals surface area contributed by atoms with Crippen molar-refractivity contribution in [3.63, 3.8) is 0 Å². The molecule has 1 aliphatic rings. The summed E-state index contributed by atoms with van der Waals surface area (Å²) in [6, 6.07) is 0.683. The van der Waals surface area contributed by atoms with Gasteiger partial charge in [0, 0.05) is 32.7 Å². The summed E-state index contributed by atoms with van der Waals surface area (Å²) in [5.74, 6) is 0. The summed E-state index contributed by atoms with van der Waals surface area (Å²) in [6.07, 6.45) is 4.73. The fourth-order valence-corrected chi connectivity index (χ4v) is 1.84. The topological polar surface area (TPSA) is 14.1 Å². The average molecular weight is 233 g/mol. The zero-order valence-electron chi connectivity index (χ0n) is 6.71. The third kappa shape index (κ3) is 3.21. The molecule has 57 valence electrons. The predicted octanol–water partition coefficient (Wildman–Crippen LogP) is 2.27.